The minimum atomic E-state index is -1.51. The second-order valence-electron chi connectivity index (χ2n) is 8.31. The highest BCUT2D eigenvalue weighted by Gasteiger charge is 2.36. The van der Waals surface area contributed by atoms with Crippen LogP contribution in [0.15, 0.2) is 48.5 Å². The topological polar surface area (TPSA) is 114 Å². The van der Waals surface area contributed by atoms with Gasteiger partial charge in [-0.15, -0.1) is 0 Å². The molecule has 0 bridgehead atoms. The first-order valence-electron chi connectivity index (χ1n) is 10.4. The van der Waals surface area contributed by atoms with Crippen molar-refractivity contribution in [3.63, 3.8) is 0 Å². The van der Waals surface area contributed by atoms with Crippen molar-refractivity contribution < 1.29 is 29.0 Å². The standard InChI is InChI=1S/C24H28N2O6/c1-14(31-4)20(21(27)26-24(2,3)22(28)29)25-23(30)32-13-19-17-11-7-5-9-15(17)16-10-6-8-12-18(16)19/h5-12,14,19-20H,13H2,1-4H3,(H,25,30)(H,26,27)(H,28,29). The van der Waals surface area contributed by atoms with Crippen molar-refractivity contribution in [1.82, 2.24) is 10.6 Å². The van der Waals surface area contributed by atoms with Crippen LogP contribution in [0.25, 0.3) is 11.1 Å². The molecule has 3 N–H and O–H groups in total. The van der Waals surface area contributed by atoms with Gasteiger partial charge in [-0.05, 0) is 43.0 Å². The molecule has 0 radical (unpaired) electrons. The third-order valence-electron chi connectivity index (χ3n) is 5.71. The van der Waals surface area contributed by atoms with Gasteiger partial charge in [-0.2, -0.15) is 0 Å². The maximum Gasteiger partial charge on any atom is 0.407 e. The molecule has 2 amide bonds. The first-order valence-corrected chi connectivity index (χ1v) is 10.4. The summed E-state index contributed by atoms with van der Waals surface area (Å²) in [5.41, 5.74) is 2.86. The SMILES string of the molecule is COC(C)C(NC(=O)OCC1c2ccccc2-c2ccccc21)C(=O)NC(C)(C)C(=O)O. The second-order valence-corrected chi connectivity index (χ2v) is 8.31. The van der Waals surface area contributed by atoms with E-state index in [4.69, 9.17) is 9.47 Å². The number of rotatable bonds is 8. The van der Waals surface area contributed by atoms with Crippen LogP contribution in [0.1, 0.15) is 37.8 Å². The highest BCUT2D eigenvalue weighted by atomic mass is 16.5. The molecule has 1 aliphatic carbocycles. The van der Waals surface area contributed by atoms with Crippen molar-refractivity contribution in [2.45, 2.75) is 44.4 Å². The fourth-order valence-electron chi connectivity index (χ4n) is 3.74. The number of alkyl carbamates (subject to hydrolysis) is 1. The van der Waals surface area contributed by atoms with Crippen LogP contribution in [-0.4, -0.2) is 54.5 Å². The molecule has 170 valence electrons. The lowest BCUT2D eigenvalue weighted by Crippen LogP contribution is -2.59. The zero-order chi connectivity index (χ0) is 23.5. The summed E-state index contributed by atoms with van der Waals surface area (Å²) in [6.07, 6.45) is -1.50. The minimum absolute atomic E-state index is 0.0934. The molecule has 8 heteroatoms. The van der Waals surface area contributed by atoms with E-state index in [9.17, 15) is 19.5 Å². The van der Waals surface area contributed by atoms with E-state index in [0.29, 0.717) is 0 Å². The summed E-state index contributed by atoms with van der Waals surface area (Å²) in [4.78, 5) is 36.6. The van der Waals surface area contributed by atoms with Gasteiger partial charge in [-0.3, -0.25) is 4.79 Å². The van der Waals surface area contributed by atoms with Crippen molar-refractivity contribution in [2.24, 2.45) is 0 Å². The second kappa shape index (κ2) is 9.40. The molecule has 32 heavy (non-hydrogen) atoms. The molecule has 2 atom stereocenters. The van der Waals surface area contributed by atoms with Crippen molar-refractivity contribution in [1.29, 1.82) is 0 Å². The maximum absolute atomic E-state index is 12.7. The summed E-state index contributed by atoms with van der Waals surface area (Å²) in [6, 6.07) is 14.8. The molecule has 0 heterocycles. The van der Waals surface area contributed by atoms with E-state index >= 15 is 0 Å². The number of methoxy groups -OCH3 is 1. The Morgan fingerprint density at radius 1 is 1.03 bits per heavy atom. The first kappa shape index (κ1) is 23.3. The number of carboxylic acids is 1. The maximum atomic E-state index is 12.7. The van der Waals surface area contributed by atoms with Crippen LogP contribution < -0.4 is 10.6 Å². The summed E-state index contributed by atoms with van der Waals surface area (Å²) in [5, 5.41) is 14.2. The number of hydrogen-bond donors (Lipinski definition) is 3. The molecule has 0 fully saturated rings. The molecule has 0 saturated carbocycles. The molecule has 1 aliphatic rings. The van der Waals surface area contributed by atoms with Gasteiger partial charge >= 0.3 is 12.1 Å². The predicted octanol–water partition coefficient (Wildman–Crippen LogP) is 2.91. The zero-order valence-corrected chi connectivity index (χ0v) is 18.5. The number of aliphatic carboxylic acids is 1. The number of ether oxygens (including phenoxy) is 2. The van der Waals surface area contributed by atoms with Crippen molar-refractivity contribution in [2.75, 3.05) is 13.7 Å². The monoisotopic (exact) mass is 440 g/mol. The molecule has 2 unspecified atom stereocenters. The van der Waals surface area contributed by atoms with Crippen molar-refractivity contribution in [3.8, 4) is 11.1 Å². The Morgan fingerprint density at radius 2 is 1.56 bits per heavy atom. The number of carbonyl (C=O) groups excluding carboxylic acids is 2. The predicted molar refractivity (Wildman–Crippen MR) is 118 cm³/mol. The smallest absolute Gasteiger partial charge is 0.407 e. The largest absolute Gasteiger partial charge is 0.480 e. The Kier molecular flexibility index (Phi) is 6.84. The van der Waals surface area contributed by atoms with E-state index in [1.54, 1.807) is 6.92 Å². The molecule has 0 spiro atoms. The van der Waals surface area contributed by atoms with Crippen LogP contribution in [0.5, 0.6) is 0 Å². The van der Waals surface area contributed by atoms with Gasteiger partial charge < -0.3 is 25.2 Å². The van der Waals surface area contributed by atoms with Crippen LogP contribution in [-0.2, 0) is 19.1 Å². The van der Waals surface area contributed by atoms with E-state index in [1.807, 2.05) is 48.5 Å². The van der Waals surface area contributed by atoms with Gasteiger partial charge in [0.25, 0.3) is 0 Å². The number of hydrogen-bond acceptors (Lipinski definition) is 5. The Balaban J connectivity index is 1.70. The van der Waals surface area contributed by atoms with Gasteiger partial charge in [-0.1, -0.05) is 48.5 Å². The van der Waals surface area contributed by atoms with Gasteiger partial charge in [0.1, 0.15) is 18.2 Å². The quantitative estimate of drug-likeness (QED) is 0.582. The van der Waals surface area contributed by atoms with Gasteiger partial charge in [0.15, 0.2) is 0 Å². The van der Waals surface area contributed by atoms with E-state index in [1.165, 1.54) is 21.0 Å². The number of benzene rings is 2. The van der Waals surface area contributed by atoms with Crippen LogP contribution in [0.2, 0.25) is 0 Å². The third-order valence-corrected chi connectivity index (χ3v) is 5.71. The summed E-state index contributed by atoms with van der Waals surface area (Å²) in [6.45, 7) is 4.40. The lowest BCUT2D eigenvalue weighted by molar-refractivity contribution is -0.146. The van der Waals surface area contributed by atoms with E-state index in [-0.39, 0.29) is 12.5 Å². The normalized spacial score (nSPS) is 14.6. The highest BCUT2D eigenvalue weighted by Crippen LogP contribution is 2.44. The third kappa shape index (κ3) is 4.75. The average Bonchev–Trinajstić information content (AvgIpc) is 3.09. The van der Waals surface area contributed by atoms with Crippen LogP contribution in [0.4, 0.5) is 4.79 Å². The molecule has 0 aliphatic heterocycles. The molecular formula is C24H28N2O6. The Hall–Kier alpha value is -3.39. The van der Waals surface area contributed by atoms with Crippen LogP contribution in [0.3, 0.4) is 0 Å². The fraction of sp³-hybridized carbons (Fsp3) is 0.375. The van der Waals surface area contributed by atoms with Gasteiger partial charge in [-0.25, -0.2) is 9.59 Å². The van der Waals surface area contributed by atoms with E-state index < -0.39 is 35.7 Å². The number of carbonyl (C=O) groups is 3. The summed E-state index contributed by atoms with van der Waals surface area (Å²) < 4.78 is 10.7. The Labute approximate surface area is 186 Å². The van der Waals surface area contributed by atoms with Crippen LogP contribution >= 0.6 is 0 Å². The Bertz CT molecular complexity index is 974. The summed E-state index contributed by atoms with van der Waals surface area (Å²) in [7, 11) is 1.40. The van der Waals surface area contributed by atoms with Crippen molar-refractivity contribution in [3.05, 3.63) is 59.7 Å². The molecule has 8 nitrogen and oxygen atoms in total. The molecule has 0 aromatic heterocycles. The lowest BCUT2D eigenvalue weighted by atomic mass is 9.98. The van der Waals surface area contributed by atoms with E-state index in [2.05, 4.69) is 10.6 Å². The summed E-state index contributed by atoms with van der Waals surface area (Å²) >= 11 is 0. The van der Waals surface area contributed by atoms with Gasteiger partial charge in [0.05, 0.1) is 6.10 Å². The molecule has 2 aromatic rings. The number of nitrogens with one attached hydrogen (secondary N) is 2. The average molecular weight is 440 g/mol. The summed E-state index contributed by atoms with van der Waals surface area (Å²) in [5.74, 6) is -2.00. The molecule has 0 saturated heterocycles. The molecule has 3 rings (SSSR count). The molecule has 2 aromatic carbocycles. The Morgan fingerprint density at radius 3 is 2.06 bits per heavy atom. The van der Waals surface area contributed by atoms with Crippen molar-refractivity contribution >= 4 is 18.0 Å². The highest BCUT2D eigenvalue weighted by molar-refractivity contribution is 5.91. The molecular weight excluding hydrogens is 412 g/mol. The number of fused-ring (bicyclic) bond motifs is 3. The number of carboxylic acid groups (broad SMARTS) is 1. The number of amides is 2. The first-order chi connectivity index (χ1) is 15.2. The minimum Gasteiger partial charge on any atom is -0.480 e. The van der Waals surface area contributed by atoms with Gasteiger partial charge in [0.2, 0.25) is 5.91 Å². The van der Waals surface area contributed by atoms with E-state index in [0.717, 1.165) is 22.3 Å². The van der Waals surface area contributed by atoms with Crippen LogP contribution in [0, 0.1) is 0 Å². The fourth-order valence-corrected chi connectivity index (χ4v) is 3.74. The van der Waals surface area contributed by atoms with Gasteiger partial charge in [0, 0.05) is 13.0 Å². The lowest BCUT2D eigenvalue weighted by Gasteiger charge is -2.28. The zero-order valence-electron chi connectivity index (χ0n) is 18.5.